The molecule has 1 N–H and O–H groups in total. The number of benzene rings is 1. The Morgan fingerprint density at radius 1 is 1.26 bits per heavy atom. The summed E-state index contributed by atoms with van der Waals surface area (Å²) in [7, 11) is 0. The summed E-state index contributed by atoms with van der Waals surface area (Å²) in [5.41, 5.74) is 2.04. The third-order valence-corrected chi connectivity index (χ3v) is 3.20. The second-order valence-electron chi connectivity index (χ2n) is 5.37. The molecule has 4 heteroatoms. The van der Waals surface area contributed by atoms with E-state index < -0.39 is 0 Å². The molecule has 0 aliphatic carbocycles. The highest BCUT2D eigenvalue weighted by Gasteiger charge is 2.23. The maximum Gasteiger partial charge on any atom is 0.238 e. The molecule has 0 spiro atoms. The van der Waals surface area contributed by atoms with Crippen molar-refractivity contribution < 1.29 is 9.53 Å². The zero-order valence-corrected chi connectivity index (χ0v) is 11.8. The Morgan fingerprint density at radius 2 is 1.84 bits per heavy atom. The van der Waals surface area contributed by atoms with E-state index in [4.69, 9.17) is 4.74 Å². The fourth-order valence-electron chi connectivity index (χ4n) is 2.45. The van der Waals surface area contributed by atoms with Crippen molar-refractivity contribution in [2.75, 3.05) is 25.0 Å². The third kappa shape index (κ3) is 4.33. The normalized spacial score (nSPS) is 24.2. The highest BCUT2D eigenvalue weighted by molar-refractivity contribution is 5.92. The molecule has 1 aliphatic rings. The summed E-state index contributed by atoms with van der Waals surface area (Å²) >= 11 is 0. The number of hydrogen-bond acceptors (Lipinski definition) is 3. The number of hydrogen-bond donors (Lipinski definition) is 1. The molecule has 4 nitrogen and oxygen atoms in total. The Bertz CT molecular complexity index is 420. The first-order chi connectivity index (χ1) is 9.02. The molecule has 1 aromatic carbocycles. The van der Waals surface area contributed by atoms with Crippen LogP contribution in [0.15, 0.2) is 24.3 Å². The molecule has 0 radical (unpaired) electrons. The first-order valence-corrected chi connectivity index (χ1v) is 6.77. The lowest BCUT2D eigenvalue weighted by Gasteiger charge is -2.34. The number of nitrogens with zero attached hydrogens (tertiary/aromatic N) is 1. The van der Waals surface area contributed by atoms with Gasteiger partial charge in [0.1, 0.15) is 0 Å². The lowest BCUT2D eigenvalue weighted by molar-refractivity contribution is -0.121. The van der Waals surface area contributed by atoms with Crippen LogP contribution >= 0.6 is 0 Å². The van der Waals surface area contributed by atoms with Gasteiger partial charge in [-0.1, -0.05) is 17.7 Å². The average molecular weight is 262 g/mol. The van der Waals surface area contributed by atoms with Crippen molar-refractivity contribution in [2.24, 2.45) is 0 Å². The molecule has 1 saturated heterocycles. The topological polar surface area (TPSA) is 41.6 Å². The number of anilines is 1. The molecule has 0 aromatic heterocycles. The van der Waals surface area contributed by atoms with Crippen LogP contribution in [-0.4, -0.2) is 42.6 Å². The highest BCUT2D eigenvalue weighted by Crippen LogP contribution is 2.12. The van der Waals surface area contributed by atoms with Crippen molar-refractivity contribution in [2.45, 2.75) is 33.0 Å². The van der Waals surface area contributed by atoms with Gasteiger partial charge in [-0.15, -0.1) is 0 Å². The van der Waals surface area contributed by atoms with E-state index in [2.05, 4.69) is 10.2 Å². The zero-order chi connectivity index (χ0) is 13.8. The quantitative estimate of drug-likeness (QED) is 0.906. The van der Waals surface area contributed by atoms with E-state index in [1.165, 1.54) is 5.56 Å². The lowest BCUT2D eigenvalue weighted by Crippen LogP contribution is -2.48. The van der Waals surface area contributed by atoms with E-state index in [1.807, 2.05) is 45.0 Å². The van der Waals surface area contributed by atoms with Crippen LogP contribution in [0.2, 0.25) is 0 Å². The van der Waals surface area contributed by atoms with Crippen LogP contribution in [0, 0.1) is 6.92 Å². The SMILES string of the molecule is Cc1ccc(NC(=O)CN2C[C@@H](C)O[C@H](C)C2)cc1. The van der Waals surface area contributed by atoms with Crippen molar-refractivity contribution in [3.63, 3.8) is 0 Å². The Hall–Kier alpha value is -1.39. The molecular formula is C15H22N2O2. The summed E-state index contributed by atoms with van der Waals surface area (Å²) in [5, 5.41) is 2.92. The maximum absolute atomic E-state index is 12.0. The Morgan fingerprint density at radius 3 is 2.42 bits per heavy atom. The number of carbonyl (C=O) groups excluding carboxylic acids is 1. The minimum atomic E-state index is 0.0325. The number of morpholine rings is 1. The molecule has 1 amide bonds. The Kier molecular flexibility index (Phi) is 4.56. The van der Waals surface area contributed by atoms with Gasteiger partial charge in [-0.05, 0) is 32.9 Å². The summed E-state index contributed by atoms with van der Waals surface area (Å²) in [6, 6.07) is 7.85. The van der Waals surface area contributed by atoms with E-state index in [9.17, 15) is 4.79 Å². The predicted molar refractivity (Wildman–Crippen MR) is 76.3 cm³/mol. The fourth-order valence-corrected chi connectivity index (χ4v) is 2.45. The minimum Gasteiger partial charge on any atom is -0.373 e. The van der Waals surface area contributed by atoms with Gasteiger partial charge >= 0.3 is 0 Å². The Balaban J connectivity index is 1.85. The smallest absolute Gasteiger partial charge is 0.238 e. The van der Waals surface area contributed by atoms with Gasteiger partial charge in [0.25, 0.3) is 0 Å². The van der Waals surface area contributed by atoms with E-state index in [0.717, 1.165) is 18.8 Å². The summed E-state index contributed by atoms with van der Waals surface area (Å²) in [6.07, 6.45) is 0.381. The summed E-state index contributed by atoms with van der Waals surface area (Å²) < 4.78 is 5.66. The van der Waals surface area contributed by atoms with E-state index in [1.54, 1.807) is 0 Å². The number of nitrogens with one attached hydrogen (secondary N) is 1. The van der Waals surface area contributed by atoms with Gasteiger partial charge in [0.15, 0.2) is 0 Å². The number of ether oxygens (including phenoxy) is 1. The van der Waals surface area contributed by atoms with Gasteiger partial charge in [0, 0.05) is 18.8 Å². The predicted octanol–water partition coefficient (Wildman–Crippen LogP) is 2.04. The molecule has 2 atom stereocenters. The fraction of sp³-hybridized carbons (Fsp3) is 0.533. The average Bonchev–Trinajstić information content (AvgIpc) is 2.30. The van der Waals surface area contributed by atoms with Gasteiger partial charge in [-0.2, -0.15) is 0 Å². The van der Waals surface area contributed by atoms with E-state index in [0.29, 0.717) is 6.54 Å². The van der Waals surface area contributed by atoms with Crippen molar-refractivity contribution in [3.8, 4) is 0 Å². The molecule has 1 aromatic rings. The monoisotopic (exact) mass is 262 g/mol. The molecule has 19 heavy (non-hydrogen) atoms. The van der Waals surface area contributed by atoms with E-state index in [-0.39, 0.29) is 18.1 Å². The number of amides is 1. The molecule has 2 rings (SSSR count). The lowest BCUT2D eigenvalue weighted by atomic mass is 10.2. The molecule has 1 heterocycles. The van der Waals surface area contributed by atoms with E-state index >= 15 is 0 Å². The largest absolute Gasteiger partial charge is 0.373 e. The second kappa shape index (κ2) is 6.17. The third-order valence-electron chi connectivity index (χ3n) is 3.20. The van der Waals surface area contributed by atoms with Gasteiger partial charge in [0.05, 0.1) is 18.8 Å². The minimum absolute atomic E-state index is 0.0325. The van der Waals surface area contributed by atoms with Crippen LogP contribution < -0.4 is 5.32 Å². The molecule has 0 saturated carbocycles. The van der Waals surface area contributed by atoms with Crippen LogP contribution in [0.1, 0.15) is 19.4 Å². The van der Waals surface area contributed by atoms with Crippen LogP contribution in [0.4, 0.5) is 5.69 Å². The summed E-state index contributed by atoms with van der Waals surface area (Å²) in [4.78, 5) is 14.1. The molecule has 1 aliphatic heterocycles. The van der Waals surface area contributed by atoms with Crippen molar-refractivity contribution in [1.29, 1.82) is 0 Å². The number of aryl methyl sites for hydroxylation is 1. The van der Waals surface area contributed by atoms with Crippen LogP contribution in [-0.2, 0) is 9.53 Å². The number of carbonyl (C=O) groups is 1. The first kappa shape index (κ1) is 14.0. The molecule has 0 unspecified atom stereocenters. The van der Waals surface area contributed by atoms with Gasteiger partial charge in [-0.25, -0.2) is 0 Å². The molecular weight excluding hydrogens is 240 g/mol. The molecule has 104 valence electrons. The Labute approximate surface area is 114 Å². The molecule has 0 bridgehead atoms. The van der Waals surface area contributed by atoms with Gasteiger partial charge < -0.3 is 10.1 Å². The van der Waals surface area contributed by atoms with Crippen LogP contribution in [0.25, 0.3) is 0 Å². The standard InChI is InChI=1S/C15H22N2O2/c1-11-4-6-14(7-5-11)16-15(18)10-17-8-12(2)19-13(3)9-17/h4-7,12-13H,8-10H2,1-3H3,(H,16,18)/t12-,13-/m1/s1. The zero-order valence-electron chi connectivity index (χ0n) is 11.8. The summed E-state index contributed by atoms with van der Waals surface area (Å²) in [5.74, 6) is 0.0325. The molecule has 1 fully saturated rings. The first-order valence-electron chi connectivity index (χ1n) is 6.77. The van der Waals surface area contributed by atoms with Crippen LogP contribution in [0.5, 0.6) is 0 Å². The highest BCUT2D eigenvalue weighted by atomic mass is 16.5. The van der Waals surface area contributed by atoms with Crippen molar-refractivity contribution in [3.05, 3.63) is 29.8 Å². The van der Waals surface area contributed by atoms with Gasteiger partial charge in [-0.3, -0.25) is 9.69 Å². The van der Waals surface area contributed by atoms with Crippen molar-refractivity contribution >= 4 is 11.6 Å². The van der Waals surface area contributed by atoms with Crippen LogP contribution in [0.3, 0.4) is 0 Å². The van der Waals surface area contributed by atoms with Gasteiger partial charge in [0.2, 0.25) is 5.91 Å². The summed E-state index contributed by atoms with van der Waals surface area (Å²) in [6.45, 7) is 8.16. The second-order valence-corrected chi connectivity index (χ2v) is 5.37. The number of rotatable bonds is 3. The van der Waals surface area contributed by atoms with Crippen molar-refractivity contribution in [1.82, 2.24) is 4.90 Å². The maximum atomic E-state index is 12.0.